The largest absolute Gasteiger partial charge is 0.468 e. The monoisotopic (exact) mass is 238 g/mol. The smallest absolute Gasteiger partial charge is 0.122 e. The lowest BCUT2D eigenvalue weighted by atomic mass is 10.2. The minimum absolute atomic E-state index is 0.702. The Kier molecular flexibility index (Phi) is 6.30. The highest BCUT2D eigenvalue weighted by atomic mass is 16.3. The molecule has 0 aliphatic heterocycles. The Bertz CT molecular complexity index is 307. The Morgan fingerprint density at radius 2 is 2.18 bits per heavy atom. The predicted molar refractivity (Wildman–Crippen MR) is 71.9 cm³/mol. The molecule has 0 fully saturated rings. The van der Waals surface area contributed by atoms with Gasteiger partial charge >= 0.3 is 0 Å². The molecule has 3 nitrogen and oxygen atoms in total. The molecule has 0 bridgehead atoms. The molecule has 3 heteroatoms. The van der Waals surface area contributed by atoms with Crippen molar-refractivity contribution in [2.75, 3.05) is 20.1 Å². The van der Waals surface area contributed by atoms with Crippen LogP contribution in [0, 0.1) is 5.92 Å². The third-order valence-corrected chi connectivity index (χ3v) is 2.67. The van der Waals surface area contributed by atoms with Gasteiger partial charge in [-0.1, -0.05) is 20.8 Å². The molecule has 1 aromatic rings. The zero-order valence-electron chi connectivity index (χ0n) is 11.6. The molecule has 0 spiro atoms. The highest BCUT2D eigenvalue weighted by molar-refractivity contribution is 5.16. The quantitative estimate of drug-likeness (QED) is 0.706. The zero-order chi connectivity index (χ0) is 12.7. The zero-order valence-corrected chi connectivity index (χ0v) is 11.6. The summed E-state index contributed by atoms with van der Waals surface area (Å²) in [5.41, 5.74) is 1.30. The molecule has 0 radical (unpaired) electrons. The lowest BCUT2D eigenvalue weighted by Gasteiger charge is -2.18. The fraction of sp³-hybridized carbons (Fsp3) is 0.714. The maximum absolute atomic E-state index is 5.53. The van der Waals surface area contributed by atoms with Gasteiger partial charge in [-0.05, 0) is 32.0 Å². The van der Waals surface area contributed by atoms with Crippen molar-refractivity contribution < 1.29 is 4.42 Å². The van der Waals surface area contributed by atoms with E-state index in [1.807, 2.05) is 0 Å². The second kappa shape index (κ2) is 7.51. The van der Waals surface area contributed by atoms with Gasteiger partial charge in [-0.25, -0.2) is 0 Å². The first-order chi connectivity index (χ1) is 8.13. The highest BCUT2D eigenvalue weighted by Gasteiger charge is 2.09. The van der Waals surface area contributed by atoms with E-state index in [1.165, 1.54) is 5.56 Å². The van der Waals surface area contributed by atoms with Crippen LogP contribution in [0.1, 0.15) is 38.5 Å². The first-order valence-electron chi connectivity index (χ1n) is 6.58. The van der Waals surface area contributed by atoms with E-state index in [9.17, 15) is 0 Å². The minimum Gasteiger partial charge on any atom is -0.468 e. The van der Waals surface area contributed by atoms with Crippen LogP contribution >= 0.6 is 0 Å². The lowest BCUT2D eigenvalue weighted by molar-refractivity contribution is 0.285. The van der Waals surface area contributed by atoms with Gasteiger partial charge in [0.1, 0.15) is 5.76 Å². The van der Waals surface area contributed by atoms with Crippen LogP contribution in [0.2, 0.25) is 0 Å². The molecular weight excluding hydrogens is 212 g/mol. The normalized spacial score (nSPS) is 11.6. The maximum Gasteiger partial charge on any atom is 0.122 e. The second-order valence-electron chi connectivity index (χ2n) is 5.14. The Morgan fingerprint density at radius 1 is 1.41 bits per heavy atom. The van der Waals surface area contributed by atoms with Crippen molar-refractivity contribution in [1.29, 1.82) is 0 Å². The van der Waals surface area contributed by atoms with E-state index in [0.29, 0.717) is 5.92 Å². The van der Waals surface area contributed by atoms with Gasteiger partial charge in [0.15, 0.2) is 0 Å². The summed E-state index contributed by atoms with van der Waals surface area (Å²) in [4.78, 5) is 2.35. The summed E-state index contributed by atoms with van der Waals surface area (Å²) >= 11 is 0. The van der Waals surface area contributed by atoms with Crippen LogP contribution in [0.5, 0.6) is 0 Å². The SMILES string of the molecule is CCCNCc1occc1CN(C)CC(C)C. The van der Waals surface area contributed by atoms with Gasteiger partial charge in [-0.15, -0.1) is 0 Å². The highest BCUT2D eigenvalue weighted by Crippen LogP contribution is 2.13. The van der Waals surface area contributed by atoms with Crippen LogP contribution in [-0.4, -0.2) is 25.0 Å². The summed E-state index contributed by atoms with van der Waals surface area (Å²) in [5.74, 6) is 1.78. The summed E-state index contributed by atoms with van der Waals surface area (Å²) in [7, 11) is 2.16. The Balaban J connectivity index is 2.44. The van der Waals surface area contributed by atoms with E-state index < -0.39 is 0 Å². The first-order valence-corrected chi connectivity index (χ1v) is 6.58. The molecule has 0 aliphatic carbocycles. The second-order valence-corrected chi connectivity index (χ2v) is 5.14. The van der Waals surface area contributed by atoms with Crippen molar-refractivity contribution in [1.82, 2.24) is 10.2 Å². The minimum atomic E-state index is 0.702. The maximum atomic E-state index is 5.53. The van der Waals surface area contributed by atoms with Crippen LogP contribution < -0.4 is 5.32 Å². The van der Waals surface area contributed by atoms with Crippen molar-refractivity contribution in [3.63, 3.8) is 0 Å². The van der Waals surface area contributed by atoms with E-state index in [1.54, 1.807) is 6.26 Å². The van der Waals surface area contributed by atoms with Crippen molar-refractivity contribution in [3.05, 3.63) is 23.7 Å². The number of rotatable bonds is 8. The van der Waals surface area contributed by atoms with Gasteiger partial charge in [0.25, 0.3) is 0 Å². The Morgan fingerprint density at radius 3 is 2.82 bits per heavy atom. The van der Waals surface area contributed by atoms with Crippen LogP contribution in [-0.2, 0) is 13.1 Å². The van der Waals surface area contributed by atoms with Crippen molar-refractivity contribution >= 4 is 0 Å². The van der Waals surface area contributed by atoms with Crippen LogP contribution in [0.3, 0.4) is 0 Å². The summed E-state index contributed by atoms with van der Waals surface area (Å²) in [5, 5.41) is 3.38. The molecular formula is C14H26N2O. The molecule has 0 aromatic carbocycles. The van der Waals surface area contributed by atoms with Gasteiger partial charge in [0.05, 0.1) is 12.8 Å². The lowest BCUT2D eigenvalue weighted by Crippen LogP contribution is -2.23. The van der Waals surface area contributed by atoms with E-state index in [2.05, 4.69) is 44.1 Å². The first kappa shape index (κ1) is 14.3. The van der Waals surface area contributed by atoms with Gasteiger partial charge in [0, 0.05) is 18.7 Å². The van der Waals surface area contributed by atoms with Crippen LogP contribution in [0.15, 0.2) is 16.7 Å². The molecule has 1 aromatic heterocycles. The van der Waals surface area contributed by atoms with E-state index in [4.69, 9.17) is 4.42 Å². The predicted octanol–water partition coefficient (Wildman–Crippen LogP) is 2.87. The molecule has 0 amide bonds. The van der Waals surface area contributed by atoms with Gasteiger partial charge < -0.3 is 14.6 Å². The standard InChI is InChI=1S/C14H26N2O/c1-5-7-15-9-14-13(6-8-17-14)11-16(4)10-12(2)3/h6,8,12,15H,5,7,9-11H2,1-4H3. The summed E-state index contributed by atoms with van der Waals surface area (Å²) in [6, 6.07) is 2.08. The molecule has 0 unspecified atom stereocenters. The molecule has 17 heavy (non-hydrogen) atoms. The van der Waals surface area contributed by atoms with Crippen LogP contribution in [0.4, 0.5) is 0 Å². The molecule has 0 aliphatic rings. The Hall–Kier alpha value is -0.800. The number of hydrogen-bond acceptors (Lipinski definition) is 3. The van der Waals surface area contributed by atoms with Gasteiger partial charge in [-0.3, -0.25) is 0 Å². The molecule has 1 N–H and O–H groups in total. The summed E-state index contributed by atoms with van der Waals surface area (Å²) in [6.45, 7) is 10.6. The topological polar surface area (TPSA) is 28.4 Å². The molecule has 1 rings (SSSR count). The number of nitrogens with zero attached hydrogens (tertiary/aromatic N) is 1. The van der Waals surface area contributed by atoms with E-state index in [-0.39, 0.29) is 0 Å². The van der Waals surface area contributed by atoms with Crippen molar-refractivity contribution in [2.24, 2.45) is 5.92 Å². The van der Waals surface area contributed by atoms with E-state index in [0.717, 1.165) is 38.4 Å². The van der Waals surface area contributed by atoms with Gasteiger partial charge in [0.2, 0.25) is 0 Å². The number of nitrogens with one attached hydrogen (secondary N) is 1. The average molecular weight is 238 g/mol. The molecule has 98 valence electrons. The third kappa shape index (κ3) is 5.37. The fourth-order valence-corrected chi connectivity index (χ4v) is 2.02. The summed E-state index contributed by atoms with van der Waals surface area (Å²) in [6.07, 6.45) is 2.95. The molecule has 0 saturated carbocycles. The Labute approximate surface area is 105 Å². The van der Waals surface area contributed by atoms with E-state index >= 15 is 0 Å². The fourth-order valence-electron chi connectivity index (χ4n) is 2.02. The average Bonchev–Trinajstić information content (AvgIpc) is 2.65. The van der Waals surface area contributed by atoms with Crippen molar-refractivity contribution in [2.45, 2.75) is 40.3 Å². The molecule has 0 atom stereocenters. The molecule has 1 heterocycles. The summed E-state index contributed by atoms with van der Waals surface area (Å²) < 4.78 is 5.53. The number of hydrogen-bond donors (Lipinski definition) is 1. The van der Waals surface area contributed by atoms with Crippen molar-refractivity contribution in [3.8, 4) is 0 Å². The van der Waals surface area contributed by atoms with Gasteiger partial charge in [-0.2, -0.15) is 0 Å². The molecule has 0 saturated heterocycles. The van der Waals surface area contributed by atoms with Crippen LogP contribution in [0.25, 0.3) is 0 Å². The third-order valence-electron chi connectivity index (χ3n) is 2.67. The number of furan rings is 1.